The number of phenols is 1. The van der Waals surface area contributed by atoms with Gasteiger partial charge in [0.1, 0.15) is 5.75 Å². The maximum atomic E-state index is 9.77. The summed E-state index contributed by atoms with van der Waals surface area (Å²) < 4.78 is 0. The number of hydrogen-bond donors (Lipinski definition) is 11. The summed E-state index contributed by atoms with van der Waals surface area (Å²) >= 11 is 0. The van der Waals surface area contributed by atoms with E-state index in [9.17, 15) is 24.3 Å². The number of carboxylic acids is 4. The standard InChI is InChI=1S/C9H13NO2.2C4H6O6/c1-6(10)9(12)7-3-2-4-8(11)5-7;2*5-1(3(7)8)2(6)4(9)10/h2-6,9,11-12H,10H2,1H3;2*1-2,5-6H,(H,7,8)(H,9,10)/t6-,9-;;/m0../s1. The molecule has 1 rings (SSSR count). The zero-order valence-corrected chi connectivity index (χ0v) is 16.5. The van der Waals surface area contributed by atoms with Gasteiger partial charge in [-0.2, -0.15) is 0 Å². The molecule has 1 aromatic carbocycles. The first kappa shape index (κ1) is 30.9. The average molecular weight is 467 g/mol. The number of nitrogens with two attached hydrogens (primary N) is 1. The molecule has 0 aliphatic heterocycles. The highest BCUT2D eigenvalue weighted by atomic mass is 16.4. The van der Waals surface area contributed by atoms with E-state index in [0.717, 1.165) is 0 Å². The summed E-state index contributed by atoms with van der Waals surface area (Å²) in [6.07, 6.45) is -9.78. The predicted octanol–water partition coefficient (Wildman–Crippen LogP) is -3.47. The fraction of sp³-hybridized carbons (Fsp3) is 0.412. The van der Waals surface area contributed by atoms with E-state index in [2.05, 4.69) is 0 Å². The van der Waals surface area contributed by atoms with Crippen LogP contribution >= 0.6 is 0 Å². The van der Waals surface area contributed by atoms with Crippen molar-refractivity contribution in [1.29, 1.82) is 0 Å². The van der Waals surface area contributed by atoms with Gasteiger partial charge in [0.25, 0.3) is 0 Å². The van der Waals surface area contributed by atoms with Crippen LogP contribution in [0.2, 0.25) is 0 Å². The normalized spacial score (nSPS) is 15.7. The zero-order valence-electron chi connectivity index (χ0n) is 16.5. The first-order chi connectivity index (χ1) is 14.5. The lowest BCUT2D eigenvalue weighted by Crippen LogP contribution is -2.39. The number of benzene rings is 1. The van der Waals surface area contributed by atoms with Crippen molar-refractivity contribution in [2.24, 2.45) is 5.73 Å². The number of hydrogen-bond acceptors (Lipinski definition) is 11. The third-order valence-electron chi connectivity index (χ3n) is 3.32. The number of phenolic OH excluding ortho intramolecular Hbond substituents is 1. The Balaban J connectivity index is 0. The third-order valence-corrected chi connectivity index (χ3v) is 3.32. The van der Waals surface area contributed by atoms with Crippen LogP contribution in [0.25, 0.3) is 0 Å². The Bertz CT molecular complexity index is 695. The molecule has 15 heteroatoms. The number of carboxylic acid groups (broad SMARTS) is 4. The summed E-state index contributed by atoms with van der Waals surface area (Å²) in [4.78, 5) is 39.1. The molecule has 1 aromatic rings. The van der Waals surface area contributed by atoms with Gasteiger partial charge in [-0.15, -0.1) is 0 Å². The predicted molar refractivity (Wildman–Crippen MR) is 101 cm³/mol. The Morgan fingerprint density at radius 1 is 0.719 bits per heavy atom. The van der Waals surface area contributed by atoms with Crippen molar-refractivity contribution in [2.45, 2.75) is 43.5 Å². The molecular formula is C17H25NO14. The second-order valence-corrected chi connectivity index (χ2v) is 6.03. The van der Waals surface area contributed by atoms with Crippen LogP contribution in [0.3, 0.4) is 0 Å². The van der Waals surface area contributed by atoms with E-state index in [1.807, 2.05) is 0 Å². The van der Waals surface area contributed by atoms with Crippen molar-refractivity contribution in [3.05, 3.63) is 29.8 Å². The SMILES string of the molecule is C[C@H](N)[C@H](O)c1cccc(O)c1.O=C(O)C(O)C(O)C(=O)O.O=C(O)C(O)C(O)C(=O)O. The maximum absolute atomic E-state index is 9.77. The summed E-state index contributed by atoms with van der Waals surface area (Å²) in [7, 11) is 0. The minimum Gasteiger partial charge on any atom is -0.508 e. The maximum Gasteiger partial charge on any atom is 0.335 e. The van der Waals surface area contributed by atoms with Gasteiger partial charge in [0, 0.05) is 6.04 Å². The molecule has 0 aliphatic rings. The number of aliphatic carboxylic acids is 4. The van der Waals surface area contributed by atoms with E-state index in [0.29, 0.717) is 5.56 Å². The smallest absolute Gasteiger partial charge is 0.335 e. The van der Waals surface area contributed by atoms with Crippen LogP contribution in [0.15, 0.2) is 24.3 Å². The molecule has 182 valence electrons. The second-order valence-electron chi connectivity index (χ2n) is 6.03. The van der Waals surface area contributed by atoms with Crippen molar-refractivity contribution in [1.82, 2.24) is 0 Å². The number of aliphatic hydroxyl groups excluding tert-OH is 5. The van der Waals surface area contributed by atoms with Crippen molar-refractivity contribution < 1.29 is 70.2 Å². The molecule has 4 unspecified atom stereocenters. The molecule has 0 aliphatic carbocycles. The van der Waals surface area contributed by atoms with Gasteiger partial charge in [0.15, 0.2) is 24.4 Å². The molecule has 0 radical (unpaired) electrons. The van der Waals surface area contributed by atoms with Gasteiger partial charge in [0.2, 0.25) is 0 Å². The van der Waals surface area contributed by atoms with Crippen molar-refractivity contribution in [2.75, 3.05) is 0 Å². The molecule has 6 atom stereocenters. The summed E-state index contributed by atoms with van der Waals surface area (Å²) in [5.74, 6) is -6.93. The summed E-state index contributed by atoms with van der Waals surface area (Å²) in [6, 6.07) is 6.14. The van der Waals surface area contributed by atoms with Gasteiger partial charge in [-0.05, 0) is 24.6 Å². The zero-order chi connectivity index (χ0) is 25.8. The first-order valence-electron chi connectivity index (χ1n) is 8.40. The van der Waals surface area contributed by atoms with Crippen LogP contribution in [0.4, 0.5) is 0 Å². The first-order valence-corrected chi connectivity index (χ1v) is 8.40. The van der Waals surface area contributed by atoms with Crippen LogP contribution in [-0.2, 0) is 19.2 Å². The van der Waals surface area contributed by atoms with Gasteiger partial charge in [-0.1, -0.05) is 12.1 Å². The summed E-state index contributed by atoms with van der Waals surface area (Å²) in [5.41, 5.74) is 6.13. The van der Waals surface area contributed by atoms with E-state index in [1.54, 1.807) is 25.1 Å². The number of aliphatic hydroxyl groups is 5. The number of carbonyl (C=O) groups is 4. The average Bonchev–Trinajstić information content (AvgIpc) is 2.71. The number of aromatic hydroxyl groups is 1. The highest BCUT2D eigenvalue weighted by molar-refractivity contribution is 5.83. The van der Waals surface area contributed by atoms with Crippen LogP contribution in [0, 0.1) is 0 Å². The van der Waals surface area contributed by atoms with Crippen molar-refractivity contribution >= 4 is 23.9 Å². The second kappa shape index (κ2) is 14.6. The van der Waals surface area contributed by atoms with Crippen LogP contribution in [0.5, 0.6) is 5.75 Å². The molecule has 0 amide bonds. The fourth-order valence-electron chi connectivity index (χ4n) is 1.55. The Morgan fingerprint density at radius 2 is 1.03 bits per heavy atom. The Kier molecular flexibility index (Phi) is 14.1. The molecule has 0 heterocycles. The topological polar surface area (TPSA) is 297 Å². The van der Waals surface area contributed by atoms with E-state index in [4.69, 9.17) is 51.7 Å². The van der Waals surface area contributed by atoms with Gasteiger partial charge in [-0.25, -0.2) is 19.2 Å². The molecule has 0 bridgehead atoms. The van der Waals surface area contributed by atoms with Gasteiger partial charge >= 0.3 is 23.9 Å². The van der Waals surface area contributed by atoms with E-state index >= 15 is 0 Å². The van der Waals surface area contributed by atoms with E-state index < -0.39 is 54.4 Å². The molecule has 0 saturated carbocycles. The van der Waals surface area contributed by atoms with Crippen LogP contribution < -0.4 is 5.73 Å². The molecule has 15 nitrogen and oxygen atoms in total. The molecule has 0 saturated heterocycles. The highest BCUT2D eigenvalue weighted by Crippen LogP contribution is 2.19. The van der Waals surface area contributed by atoms with Crippen LogP contribution in [-0.4, -0.2) is 105 Å². The molecule has 12 N–H and O–H groups in total. The van der Waals surface area contributed by atoms with Crippen molar-refractivity contribution in [3.8, 4) is 5.75 Å². The quantitative estimate of drug-likeness (QED) is 0.177. The molecular weight excluding hydrogens is 442 g/mol. The summed E-state index contributed by atoms with van der Waals surface area (Å²) in [5, 5.41) is 83.6. The van der Waals surface area contributed by atoms with Crippen LogP contribution in [0.1, 0.15) is 18.6 Å². The van der Waals surface area contributed by atoms with Gasteiger partial charge in [0.05, 0.1) is 6.10 Å². The monoisotopic (exact) mass is 467 g/mol. The largest absolute Gasteiger partial charge is 0.508 e. The minimum atomic E-state index is -2.27. The minimum absolute atomic E-state index is 0.146. The highest BCUT2D eigenvalue weighted by Gasteiger charge is 2.30. The number of rotatable bonds is 8. The Morgan fingerprint density at radius 3 is 1.25 bits per heavy atom. The lowest BCUT2D eigenvalue weighted by molar-refractivity contribution is -0.165. The third kappa shape index (κ3) is 11.7. The van der Waals surface area contributed by atoms with E-state index in [1.165, 1.54) is 6.07 Å². The van der Waals surface area contributed by atoms with E-state index in [-0.39, 0.29) is 11.8 Å². The fourth-order valence-corrected chi connectivity index (χ4v) is 1.55. The molecule has 0 fully saturated rings. The lowest BCUT2D eigenvalue weighted by atomic mass is 10.0. The van der Waals surface area contributed by atoms with Gasteiger partial charge < -0.3 is 56.8 Å². The van der Waals surface area contributed by atoms with Gasteiger partial charge in [-0.3, -0.25) is 0 Å². The lowest BCUT2D eigenvalue weighted by Gasteiger charge is -2.14. The Labute approximate surface area is 179 Å². The van der Waals surface area contributed by atoms with Crippen molar-refractivity contribution in [3.63, 3.8) is 0 Å². The molecule has 0 spiro atoms. The Hall–Kier alpha value is -3.34. The molecule has 0 aromatic heterocycles. The molecule has 32 heavy (non-hydrogen) atoms. The summed E-state index contributed by atoms with van der Waals surface area (Å²) in [6.45, 7) is 1.72.